The molecular formula is C46H44Cl2N4O8S2. The first-order chi connectivity index (χ1) is 29.5. The number of benzene rings is 4. The number of carbonyl (C=O) groups is 2. The average Bonchev–Trinajstić information content (AvgIpc) is 3.21. The molecule has 6 aromatic rings. The van der Waals surface area contributed by atoms with Crippen LogP contribution in [-0.4, -0.2) is 56.0 Å². The van der Waals surface area contributed by atoms with Gasteiger partial charge in [-0.15, -0.1) is 0 Å². The van der Waals surface area contributed by atoms with Gasteiger partial charge in [-0.05, 0) is 71.5 Å². The van der Waals surface area contributed by atoms with Crippen LogP contribution in [0.3, 0.4) is 0 Å². The first kappa shape index (κ1) is 45.7. The molecule has 0 saturated heterocycles. The van der Waals surface area contributed by atoms with Gasteiger partial charge in [0.25, 0.3) is 0 Å². The minimum atomic E-state index is -2.38. The Kier molecular flexibility index (Phi) is 14.7. The van der Waals surface area contributed by atoms with Crippen molar-refractivity contribution in [2.24, 2.45) is 8.73 Å². The van der Waals surface area contributed by atoms with Crippen molar-refractivity contribution in [3.05, 3.63) is 152 Å². The van der Waals surface area contributed by atoms with Crippen LogP contribution in [-0.2, 0) is 45.9 Å². The van der Waals surface area contributed by atoms with E-state index < -0.39 is 19.5 Å². The summed E-state index contributed by atoms with van der Waals surface area (Å²) in [5.41, 5.74) is 8.59. The van der Waals surface area contributed by atoms with Crippen molar-refractivity contribution in [1.29, 1.82) is 0 Å². The van der Waals surface area contributed by atoms with E-state index in [1.165, 1.54) is 24.5 Å². The monoisotopic (exact) mass is 914 g/mol. The van der Waals surface area contributed by atoms with E-state index in [-0.39, 0.29) is 59.1 Å². The summed E-state index contributed by atoms with van der Waals surface area (Å²) >= 11 is 13.2. The van der Waals surface area contributed by atoms with Gasteiger partial charge in [0.05, 0.1) is 44.9 Å². The second kappa shape index (κ2) is 19.9. The molecule has 0 aliphatic carbocycles. The van der Waals surface area contributed by atoms with E-state index in [0.717, 1.165) is 33.4 Å². The normalized spacial score (nSPS) is 11.4. The second-order valence-electron chi connectivity index (χ2n) is 14.9. The standard InChI is InChI=1S/C46H44Cl2N4O8S2/c1-29-33(27-59-45-17-43(35(23-53)15-41(45)47)57-25-31-13-37(21-49-19-31)51-61(3,4)55)9-7-11-39(29)40-12-8-10-34(30(40)2)28-60-46-18-44(36(24-54)16-42(46)48)58-26-32-14-38(22-50-20-32)52-62(5,6)56/h7-24H,25-28H2,1-6H3. The van der Waals surface area contributed by atoms with E-state index in [1.54, 1.807) is 61.7 Å². The van der Waals surface area contributed by atoms with Crippen LogP contribution in [0.5, 0.6) is 23.0 Å². The summed E-state index contributed by atoms with van der Waals surface area (Å²) in [7, 11) is -4.76. The predicted molar refractivity (Wildman–Crippen MR) is 245 cm³/mol. The molecule has 16 heteroatoms. The fraction of sp³-hybridized carbons (Fsp3) is 0.217. The first-order valence-electron chi connectivity index (χ1n) is 19.0. The number of hydrogen-bond acceptors (Lipinski definition) is 12. The van der Waals surface area contributed by atoms with Crippen LogP contribution in [0.15, 0.2) is 106 Å². The molecule has 0 amide bonds. The maximum Gasteiger partial charge on any atom is 0.153 e. The quantitative estimate of drug-likeness (QED) is 0.0807. The number of pyridine rings is 2. The summed E-state index contributed by atoms with van der Waals surface area (Å²) in [4.78, 5) is 32.3. The highest BCUT2D eigenvalue weighted by molar-refractivity contribution is 7.92. The predicted octanol–water partition coefficient (Wildman–Crippen LogP) is 10.7. The molecule has 0 saturated carbocycles. The Morgan fingerprint density at radius 3 is 1.31 bits per heavy atom. The molecule has 2 heterocycles. The number of hydrogen-bond donors (Lipinski definition) is 0. The van der Waals surface area contributed by atoms with Gasteiger partial charge in [0.2, 0.25) is 0 Å². The number of aldehydes is 2. The van der Waals surface area contributed by atoms with Gasteiger partial charge in [0.15, 0.2) is 12.6 Å². The third-order valence-electron chi connectivity index (χ3n) is 9.33. The number of halogens is 2. The molecule has 0 radical (unpaired) electrons. The number of carbonyl (C=O) groups excluding carboxylic acids is 2. The third kappa shape index (κ3) is 12.2. The molecule has 0 aliphatic rings. The second-order valence-corrected chi connectivity index (χ2v) is 20.8. The Morgan fingerprint density at radius 2 is 0.935 bits per heavy atom. The van der Waals surface area contributed by atoms with Crippen molar-refractivity contribution < 1.29 is 37.0 Å². The maximum atomic E-state index is 12.2. The zero-order valence-electron chi connectivity index (χ0n) is 34.8. The lowest BCUT2D eigenvalue weighted by Gasteiger charge is -2.18. The van der Waals surface area contributed by atoms with E-state index in [2.05, 4.69) is 18.7 Å². The van der Waals surface area contributed by atoms with Gasteiger partial charge < -0.3 is 18.9 Å². The van der Waals surface area contributed by atoms with Crippen LogP contribution < -0.4 is 18.9 Å². The van der Waals surface area contributed by atoms with Crippen molar-refractivity contribution in [2.75, 3.05) is 25.0 Å². The summed E-state index contributed by atoms with van der Waals surface area (Å²) in [5, 5.41) is 0.500. The van der Waals surface area contributed by atoms with Crippen LogP contribution in [0.4, 0.5) is 11.4 Å². The van der Waals surface area contributed by atoms with Crippen LogP contribution >= 0.6 is 23.2 Å². The minimum Gasteiger partial charge on any atom is -0.488 e. The molecule has 6 rings (SSSR count). The fourth-order valence-electron chi connectivity index (χ4n) is 6.37. The number of rotatable bonds is 17. The summed E-state index contributed by atoms with van der Waals surface area (Å²) in [6.45, 7) is 4.55. The van der Waals surface area contributed by atoms with E-state index in [9.17, 15) is 18.0 Å². The molecule has 0 N–H and O–H groups in total. The van der Waals surface area contributed by atoms with E-state index in [4.69, 9.17) is 42.1 Å². The van der Waals surface area contributed by atoms with Gasteiger partial charge in [-0.3, -0.25) is 19.6 Å². The van der Waals surface area contributed by atoms with Crippen LogP contribution in [0, 0.1) is 13.8 Å². The van der Waals surface area contributed by atoms with Crippen LogP contribution in [0.1, 0.15) is 54.1 Å². The van der Waals surface area contributed by atoms with Gasteiger partial charge >= 0.3 is 0 Å². The summed E-state index contributed by atoms with van der Waals surface area (Å²) in [6, 6.07) is 21.6. The lowest BCUT2D eigenvalue weighted by atomic mass is 9.92. The first-order valence-corrected chi connectivity index (χ1v) is 24.4. The maximum absolute atomic E-state index is 12.2. The Balaban J connectivity index is 1.16. The number of ether oxygens (including phenoxy) is 4. The van der Waals surface area contributed by atoms with Crippen molar-refractivity contribution in [2.45, 2.75) is 40.3 Å². The summed E-state index contributed by atoms with van der Waals surface area (Å²) in [5.74, 6) is 1.23. The molecule has 62 heavy (non-hydrogen) atoms. The lowest BCUT2D eigenvalue weighted by Crippen LogP contribution is -2.04. The highest BCUT2D eigenvalue weighted by atomic mass is 35.5. The van der Waals surface area contributed by atoms with Crippen LogP contribution in [0.2, 0.25) is 10.0 Å². The van der Waals surface area contributed by atoms with Gasteiger partial charge in [0.1, 0.15) is 49.4 Å². The van der Waals surface area contributed by atoms with Gasteiger partial charge in [-0.25, -0.2) is 8.42 Å². The molecule has 322 valence electrons. The molecule has 0 spiro atoms. The lowest BCUT2D eigenvalue weighted by molar-refractivity contribution is 0.111. The van der Waals surface area contributed by atoms with Crippen molar-refractivity contribution in [3.63, 3.8) is 0 Å². The highest BCUT2D eigenvalue weighted by Gasteiger charge is 2.17. The topological polar surface area (TPSA) is 156 Å². The Hall–Kier alpha value is -5.80. The van der Waals surface area contributed by atoms with Gasteiger partial charge in [-0.2, -0.15) is 8.73 Å². The average molecular weight is 916 g/mol. The zero-order chi connectivity index (χ0) is 44.6. The molecule has 2 aromatic heterocycles. The number of aromatic nitrogens is 2. The smallest absolute Gasteiger partial charge is 0.153 e. The highest BCUT2D eigenvalue weighted by Crippen LogP contribution is 2.37. The Bertz CT molecular complexity index is 2710. The fourth-order valence-corrected chi connectivity index (χ4v) is 8.03. The molecule has 0 atom stereocenters. The molecule has 0 bridgehead atoms. The molecule has 0 fully saturated rings. The van der Waals surface area contributed by atoms with Crippen molar-refractivity contribution >= 4 is 66.6 Å². The Morgan fingerprint density at radius 1 is 0.548 bits per heavy atom. The molecule has 0 unspecified atom stereocenters. The largest absolute Gasteiger partial charge is 0.488 e. The van der Waals surface area contributed by atoms with Gasteiger partial charge in [0, 0.05) is 80.1 Å². The van der Waals surface area contributed by atoms with E-state index >= 15 is 0 Å². The third-order valence-corrected chi connectivity index (χ3v) is 11.2. The van der Waals surface area contributed by atoms with Crippen LogP contribution in [0.25, 0.3) is 11.1 Å². The van der Waals surface area contributed by atoms with Crippen molar-refractivity contribution in [3.8, 4) is 34.1 Å². The Labute approximate surface area is 371 Å². The summed E-state index contributed by atoms with van der Waals surface area (Å²) in [6.07, 6.45) is 13.7. The summed E-state index contributed by atoms with van der Waals surface area (Å²) < 4.78 is 57.2. The van der Waals surface area contributed by atoms with Crippen molar-refractivity contribution in [1.82, 2.24) is 9.97 Å². The molecule has 4 aromatic carbocycles. The van der Waals surface area contributed by atoms with E-state index in [0.29, 0.717) is 46.6 Å². The number of nitrogens with zero attached hydrogens (tertiary/aromatic N) is 4. The SMILES string of the molecule is Cc1c(COc2cc(OCc3cncc(N=S(C)(C)=O)c3)c(C=O)cc2Cl)cccc1-c1cccc(COc2cc(OCc3cncc(N=S(C)(C)=O)c3)c(C=O)cc2Cl)c1C. The van der Waals surface area contributed by atoms with Gasteiger partial charge in [-0.1, -0.05) is 59.6 Å². The molecule has 0 aliphatic heterocycles. The molecular weight excluding hydrogens is 872 g/mol. The molecule has 12 nitrogen and oxygen atoms in total. The minimum absolute atomic E-state index is 0.0720. The van der Waals surface area contributed by atoms with E-state index in [1.807, 2.05) is 50.2 Å². The zero-order valence-corrected chi connectivity index (χ0v) is 38.0.